The lowest BCUT2D eigenvalue weighted by atomic mass is 10.1. The fourth-order valence-electron chi connectivity index (χ4n) is 1.07. The molecule has 2 N–H and O–H groups in total. The minimum absolute atomic E-state index is 0.106. The monoisotopic (exact) mass is 291 g/mol. The molecule has 0 amide bonds. The van der Waals surface area contributed by atoms with Crippen LogP contribution in [0.5, 0.6) is 0 Å². The zero-order valence-corrected chi connectivity index (χ0v) is 10.0. The summed E-state index contributed by atoms with van der Waals surface area (Å²) in [6.45, 7) is 2.08. The van der Waals surface area contributed by atoms with Crippen LogP contribution in [0.15, 0.2) is 27.1 Å². The van der Waals surface area contributed by atoms with Crippen LogP contribution in [0.3, 0.4) is 0 Å². The minimum atomic E-state index is 0.106. The van der Waals surface area contributed by atoms with Gasteiger partial charge in [0.25, 0.3) is 0 Å². The molecule has 0 aliphatic heterocycles. The number of benzene rings is 1. The van der Waals surface area contributed by atoms with Gasteiger partial charge in [0.05, 0.1) is 0 Å². The number of halogens is 2. The van der Waals surface area contributed by atoms with Gasteiger partial charge in [-0.2, -0.15) is 0 Å². The van der Waals surface area contributed by atoms with Crippen molar-refractivity contribution in [1.82, 2.24) is 0 Å². The lowest BCUT2D eigenvalue weighted by Gasteiger charge is -2.13. The summed E-state index contributed by atoms with van der Waals surface area (Å²) in [7, 11) is 0. The van der Waals surface area contributed by atoms with Gasteiger partial charge in [-0.15, -0.1) is 0 Å². The van der Waals surface area contributed by atoms with E-state index in [-0.39, 0.29) is 6.04 Å². The van der Waals surface area contributed by atoms with Crippen molar-refractivity contribution in [3.8, 4) is 0 Å². The zero-order valence-electron chi connectivity index (χ0n) is 6.85. The van der Waals surface area contributed by atoms with Crippen molar-refractivity contribution in [1.29, 1.82) is 0 Å². The molecule has 1 nitrogen and oxygen atoms in total. The minimum Gasteiger partial charge on any atom is -0.324 e. The van der Waals surface area contributed by atoms with E-state index in [4.69, 9.17) is 5.73 Å². The summed E-state index contributed by atoms with van der Waals surface area (Å²) < 4.78 is 2.15. The van der Waals surface area contributed by atoms with Gasteiger partial charge in [-0.3, -0.25) is 0 Å². The molecule has 0 aliphatic carbocycles. The molecule has 0 aromatic heterocycles. The lowest BCUT2D eigenvalue weighted by molar-refractivity contribution is 0.692. The zero-order chi connectivity index (χ0) is 9.14. The van der Waals surface area contributed by atoms with Gasteiger partial charge in [-0.1, -0.05) is 44.8 Å². The Balaban J connectivity index is 3.12. The predicted molar refractivity (Wildman–Crippen MR) is 59.1 cm³/mol. The first-order valence-corrected chi connectivity index (χ1v) is 5.45. The second kappa shape index (κ2) is 4.40. The van der Waals surface area contributed by atoms with E-state index >= 15 is 0 Å². The first kappa shape index (κ1) is 10.2. The van der Waals surface area contributed by atoms with Gasteiger partial charge in [0.15, 0.2) is 0 Å². The molecule has 1 aromatic carbocycles. The molecule has 3 heteroatoms. The smallest absolute Gasteiger partial charge is 0.0314 e. The fraction of sp³-hybridized carbons (Fsp3) is 0.333. The van der Waals surface area contributed by atoms with Crippen molar-refractivity contribution in [3.05, 3.63) is 32.7 Å². The summed E-state index contributed by atoms with van der Waals surface area (Å²) in [5, 5.41) is 0. The molecule has 0 unspecified atom stereocenters. The maximum atomic E-state index is 5.94. The summed E-state index contributed by atoms with van der Waals surface area (Å²) in [5.41, 5.74) is 7.09. The van der Waals surface area contributed by atoms with Crippen LogP contribution >= 0.6 is 31.9 Å². The maximum absolute atomic E-state index is 5.94. The molecule has 0 radical (unpaired) electrons. The molecule has 0 heterocycles. The third-order valence-electron chi connectivity index (χ3n) is 1.81. The molecule has 1 aromatic rings. The Morgan fingerprint density at radius 1 is 1.33 bits per heavy atom. The molecule has 1 atom stereocenters. The van der Waals surface area contributed by atoms with Crippen LogP contribution < -0.4 is 5.73 Å². The number of hydrogen-bond acceptors (Lipinski definition) is 1. The second-order valence-corrected chi connectivity index (χ2v) is 4.36. The van der Waals surface area contributed by atoms with E-state index in [2.05, 4.69) is 38.8 Å². The van der Waals surface area contributed by atoms with E-state index < -0.39 is 0 Å². The first-order chi connectivity index (χ1) is 5.66. The Bertz CT molecular complexity index is 253. The van der Waals surface area contributed by atoms with E-state index in [1.165, 1.54) is 0 Å². The standard InChI is InChI=1S/C9H11Br2N/c1-2-8(12)9-6(10)4-3-5-7(9)11/h3-5,8H,2,12H2,1H3/t8-/m0/s1. The van der Waals surface area contributed by atoms with Crippen LogP contribution in [0.1, 0.15) is 24.9 Å². The van der Waals surface area contributed by atoms with Crippen molar-refractivity contribution in [3.63, 3.8) is 0 Å². The molecule has 66 valence electrons. The van der Waals surface area contributed by atoms with Crippen LogP contribution in [-0.2, 0) is 0 Å². The Labute approximate surface area is 89.6 Å². The second-order valence-electron chi connectivity index (χ2n) is 2.65. The third-order valence-corrected chi connectivity index (χ3v) is 3.19. The number of rotatable bonds is 2. The third kappa shape index (κ3) is 2.09. The normalized spacial score (nSPS) is 13.0. The van der Waals surface area contributed by atoms with E-state index in [0.717, 1.165) is 20.9 Å². The Kier molecular flexibility index (Phi) is 3.75. The van der Waals surface area contributed by atoms with Gasteiger partial charge < -0.3 is 5.73 Å². The highest BCUT2D eigenvalue weighted by atomic mass is 79.9. The topological polar surface area (TPSA) is 26.0 Å². The van der Waals surface area contributed by atoms with Crippen molar-refractivity contribution in [2.45, 2.75) is 19.4 Å². The number of nitrogens with two attached hydrogens (primary N) is 1. The van der Waals surface area contributed by atoms with Crippen LogP contribution in [-0.4, -0.2) is 0 Å². The molecule has 0 saturated carbocycles. The largest absolute Gasteiger partial charge is 0.324 e. The van der Waals surface area contributed by atoms with Crippen LogP contribution in [0.4, 0.5) is 0 Å². The van der Waals surface area contributed by atoms with E-state index in [1.54, 1.807) is 0 Å². The fourth-order valence-corrected chi connectivity index (χ4v) is 2.66. The molecule has 0 aliphatic rings. The summed E-state index contributed by atoms with van der Waals surface area (Å²) in [5.74, 6) is 0. The molecule has 1 rings (SSSR count). The summed E-state index contributed by atoms with van der Waals surface area (Å²) in [6.07, 6.45) is 0.946. The SMILES string of the molecule is CC[C@H](N)c1c(Br)cccc1Br. The Morgan fingerprint density at radius 3 is 2.25 bits per heavy atom. The van der Waals surface area contributed by atoms with Gasteiger partial charge in [0, 0.05) is 15.0 Å². The summed E-state index contributed by atoms with van der Waals surface area (Å²) in [6, 6.07) is 6.11. The van der Waals surface area contributed by atoms with Crippen LogP contribution in [0.25, 0.3) is 0 Å². The van der Waals surface area contributed by atoms with E-state index in [9.17, 15) is 0 Å². The molecular weight excluding hydrogens is 282 g/mol. The summed E-state index contributed by atoms with van der Waals surface area (Å²) in [4.78, 5) is 0. The molecule has 0 fully saturated rings. The molecule has 0 saturated heterocycles. The Hall–Kier alpha value is 0.140. The quantitative estimate of drug-likeness (QED) is 0.885. The summed E-state index contributed by atoms with van der Waals surface area (Å²) >= 11 is 6.96. The highest BCUT2D eigenvalue weighted by molar-refractivity contribution is 9.11. The maximum Gasteiger partial charge on any atom is 0.0314 e. The van der Waals surface area contributed by atoms with Crippen molar-refractivity contribution in [2.24, 2.45) is 5.73 Å². The van der Waals surface area contributed by atoms with Crippen molar-refractivity contribution in [2.75, 3.05) is 0 Å². The first-order valence-electron chi connectivity index (χ1n) is 3.86. The lowest BCUT2D eigenvalue weighted by Crippen LogP contribution is -2.09. The van der Waals surface area contributed by atoms with Gasteiger partial charge >= 0.3 is 0 Å². The van der Waals surface area contributed by atoms with Gasteiger partial charge in [0.1, 0.15) is 0 Å². The van der Waals surface area contributed by atoms with Gasteiger partial charge in [-0.05, 0) is 24.1 Å². The molecular formula is C9H11Br2N. The average molecular weight is 293 g/mol. The van der Waals surface area contributed by atoms with Crippen LogP contribution in [0, 0.1) is 0 Å². The van der Waals surface area contributed by atoms with Gasteiger partial charge in [0.2, 0.25) is 0 Å². The molecule has 12 heavy (non-hydrogen) atoms. The highest BCUT2D eigenvalue weighted by Crippen LogP contribution is 2.30. The highest BCUT2D eigenvalue weighted by Gasteiger charge is 2.10. The van der Waals surface area contributed by atoms with E-state index in [1.807, 2.05) is 18.2 Å². The molecule has 0 bridgehead atoms. The average Bonchev–Trinajstić information content (AvgIpc) is 2.03. The Morgan fingerprint density at radius 2 is 1.83 bits per heavy atom. The van der Waals surface area contributed by atoms with E-state index in [0.29, 0.717) is 0 Å². The number of hydrogen-bond donors (Lipinski definition) is 1. The van der Waals surface area contributed by atoms with Crippen molar-refractivity contribution < 1.29 is 0 Å². The predicted octanol–water partition coefficient (Wildman–Crippen LogP) is 3.62. The van der Waals surface area contributed by atoms with Crippen molar-refractivity contribution >= 4 is 31.9 Å². The molecule has 0 spiro atoms. The van der Waals surface area contributed by atoms with Crippen LogP contribution in [0.2, 0.25) is 0 Å². The van der Waals surface area contributed by atoms with Gasteiger partial charge in [-0.25, -0.2) is 0 Å².